The van der Waals surface area contributed by atoms with Gasteiger partial charge in [-0.2, -0.15) is 0 Å². The summed E-state index contributed by atoms with van der Waals surface area (Å²) in [6.45, 7) is 3.04. The molecule has 0 radical (unpaired) electrons. The van der Waals surface area contributed by atoms with Gasteiger partial charge in [-0.3, -0.25) is 14.2 Å². The van der Waals surface area contributed by atoms with Crippen molar-refractivity contribution in [2.75, 3.05) is 6.61 Å². The van der Waals surface area contributed by atoms with Gasteiger partial charge in [-0.25, -0.2) is 4.98 Å². The Hall–Kier alpha value is -2.12. The van der Waals surface area contributed by atoms with Crippen molar-refractivity contribution in [2.24, 2.45) is 0 Å². The number of rotatable bonds is 6. The van der Waals surface area contributed by atoms with Crippen molar-refractivity contribution < 1.29 is 9.53 Å². The van der Waals surface area contributed by atoms with E-state index in [-0.39, 0.29) is 16.8 Å². The number of esters is 1. The molecule has 0 aliphatic carbocycles. The van der Waals surface area contributed by atoms with Crippen LogP contribution in [0.25, 0.3) is 10.2 Å². The summed E-state index contributed by atoms with van der Waals surface area (Å²) in [5, 5.41) is 0.989. The predicted molar refractivity (Wildman–Crippen MR) is 109 cm³/mol. The zero-order chi connectivity index (χ0) is 18.8. The van der Waals surface area contributed by atoms with E-state index < -0.39 is 0 Å². The Labute approximate surface area is 165 Å². The fourth-order valence-electron chi connectivity index (χ4n) is 3.11. The molecule has 4 rings (SSSR count). The van der Waals surface area contributed by atoms with Crippen LogP contribution in [0.2, 0.25) is 0 Å². The first-order chi connectivity index (χ1) is 13.2. The Morgan fingerprint density at radius 2 is 2.11 bits per heavy atom. The van der Waals surface area contributed by atoms with E-state index in [1.54, 1.807) is 15.9 Å². The molecule has 1 aromatic carbocycles. The Bertz CT molecular complexity index is 1030. The van der Waals surface area contributed by atoms with Crippen LogP contribution in [0, 0.1) is 0 Å². The van der Waals surface area contributed by atoms with E-state index in [4.69, 9.17) is 9.72 Å². The molecule has 2 aromatic heterocycles. The van der Waals surface area contributed by atoms with Gasteiger partial charge in [0.25, 0.3) is 5.56 Å². The second-order valence-electron chi connectivity index (χ2n) is 6.43. The lowest BCUT2D eigenvalue weighted by atomic mass is 10.1. The molecule has 0 saturated carbocycles. The van der Waals surface area contributed by atoms with Gasteiger partial charge in [0.1, 0.15) is 10.1 Å². The molecule has 140 valence electrons. The number of fused-ring (bicyclic) bond motifs is 1. The van der Waals surface area contributed by atoms with Crippen LogP contribution in [-0.4, -0.2) is 27.4 Å². The Morgan fingerprint density at radius 3 is 2.81 bits per heavy atom. The second kappa shape index (κ2) is 7.86. The average Bonchev–Trinajstić information content (AvgIpc) is 3.28. The lowest BCUT2D eigenvalue weighted by Crippen LogP contribution is -2.25. The average molecular weight is 401 g/mol. The molecule has 0 spiro atoms. The highest BCUT2D eigenvalue weighted by Crippen LogP contribution is 2.30. The number of carbonyl (C=O) groups excluding carboxylic acids is 1. The van der Waals surface area contributed by atoms with Crippen molar-refractivity contribution in [3.05, 3.63) is 57.2 Å². The van der Waals surface area contributed by atoms with Crippen LogP contribution in [0.3, 0.4) is 0 Å². The van der Waals surface area contributed by atoms with Crippen LogP contribution >= 0.6 is 23.1 Å². The van der Waals surface area contributed by atoms with Crippen LogP contribution in [0.15, 0.2) is 46.3 Å². The molecule has 1 atom stereocenters. The molecule has 5 nitrogen and oxygen atoms in total. The molecule has 0 amide bonds. The first kappa shape index (κ1) is 18.3. The number of nitrogens with zero attached hydrogens (tertiary/aromatic N) is 2. The fourth-order valence-corrected chi connectivity index (χ4v) is 5.20. The summed E-state index contributed by atoms with van der Waals surface area (Å²) in [5.74, 6) is -0.218. The summed E-state index contributed by atoms with van der Waals surface area (Å²) in [6.07, 6.45) is 2.27. The lowest BCUT2D eigenvalue weighted by molar-refractivity contribution is -0.137. The molecule has 1 fully saturated rings. The maximum atomic E-state index is 13.2. The number of aromatic nitrogens is 2. The van der Waals surface area contributed by atoms with Gasteiger partial charge in [0.2, 0.25) is 0 Å². The molecule has 3 aromatic rings. The fraction of sp³-hybridized carbons (Fsp3) is 0.350. The number of thiophene rings is 1. The van der Waals surface area contributed by atoms with Gasteiger partial charge in [0.15, 0.2) is 5.16 Å². The van der Waals surface area contributed by atoms with E-state index in [2.05, 4.69) is 19.1 Å². The molecule has 0 N–H and O–H groups in total. The van der Waals surface area contributed by atoms with Crippen molar-refractivity contribution in [1.82, 2.24) is 9.55 Å². The topological polar surface area (TPSA) is 61.2 Å². The van der Waals surface area contributed by atoms with Crippen molar-refractivity contribution >= 4 is 39.3 Å². The van der Waals surface area contributed by atoms with E-state index in [1.165, 1.54) is 17.3 Å². The lowest BCUT2D eigenvalue weighted by Gasteiger charge is -2.13. The molecule has 3 heterocycles. The van der Waals surface area contributed by atoms with Crippen molar-refractivity contribution in [3.8, 4) is 0 Å². The third-order valence-corrected chi connectivity index (χ3v) is 7.03. The summed E-state index contributed by atoms with van der Waals surface area (Å²) in [4.78, 5) is 31.7. The second-order valence-corrected chi connectivity index (χ2v) is 8.72. The molecular formula is C20H20N2O3S2. The minimum Gasteiger partial charge on any atom is -0.465 e. The SMILES string of the molecule is CCc1cc2c(=O)n(CCc3ccccc3)c(S[C@@H]3CCOC3=O)nc2s1. The van der Waals surface area contributed by atoms with Gasteiger partial charge in [-0.05, 0) is 24.5 Å². The third-order valence-electron chi connectivity index (χ3n) is 4.62. The zero-order valence-corrected chi connectivity index (χ0v) is 16.6. The van der Waals surface area contributed by atoms with Crippen LogP contribution in [-0.2, 0) is 28.9 Å². The minimum atomic E-state index is -0.289. The number of aryl methyl sites for hydroxylation is 2. The van der Waals surface area contributed by atoms with E-state index in [1.807, 2.05) is 24.3 Å². The largest absolute Gasteiger partial charge is 0.465 e. The van der Waals surface area contributed by atoms with E-state index >= 15 is 0 Å². The van der Waals surface area contributed by atoms with E-state index in [0.717, 1.165) is 22.5 Å². The molecular weight excluding hydrogens is 380 g/mol. The first-order valence-corrected chi connectivity index (χ1v) is 10.8. The smallest absolute Gasteiger partial charge is 0.319 e. The number of thioether (sulfide) groups is 1. The van der Waals surface area contributed by atoms with Gasteiger partial charge in [0.05, 0.1) is 12.0 Å². The monoisotopic (exact) mass is 400 g/mol. The molecule has 1 aliphatic rings. The highest BCUT2D eigenvalue weighted by Gasteiger charge is 2.29. The Balaban J connectivity index is 1.72. The summed E-state index contributed by atoms with van der Waals surface area (Å²) in [5.41, 5.74) is 1.14. The maximum Gasteiger partial charge on any atom is 0.319 e. The number of hydrogen-bond acceptors (Lipinski definition) is 6. The predicted octanol–water partition coefficient (Wildman–Crippen LogP) is 3.67. The summed E-state index contributed by atoms with van der Waals surface area (Å²) >= 11 is 2.90. The van der Waals surface area contributed by atoms with E-state index in [0.29, 0.717) is 30.1 Å². The van der Waals surface area contributed by atoms with Gasteiger partial charge in [0, 0.05) is 17.8 Å². The summed E-state index contributed by atoms with van der Waals surface area (Å²) in [6, 6.07) is 12.0. The normalized spacial score (nSPS) is 16.8. The van der Waals surface area contributed by atoms with Gasteiger partial charge >= 0.3 is 5.97 Å². The molecule has 7 heteroatoms. The highest BCUT2D eigenvalue weighted by atomic mass is 32.2. The third kappa shape index (κ3) is 3.80. The number of benzene rings is 1. The van der Waals surface area contributed by atoms with Crippen LogP contribution in [0.1, 0.15) is 23.8 Å². The zero-order valence-electron chi connectivity index (χ0n) is 15.0. The van der Waals surface area contributed by atoms with Crippen LogP contribution < -0.4 is 5.56 Å². The molecule has 1 saturated heterocycles. The summed E-state index contributed by atoms with van der Waals surface area (Å²) in [7, 11) is 0. The Kier molecular flexibility index (Phi) is 5.31. The number of carbonyl (C=O) groups is 1. The molecule has 1 aliphatic heterocycles. The molecule has 27 heavy (non-hydrogen) atoms. The number of hydrogen-bond donors (Lipinski definition) is 0. The number of cyclic esters (lactones) is 1. The highest BCUT2D eigenvalue weighted by molar-refractivity contribution is 8.00. The first-order valence-electron chi connectivity index (χ1n) is 9.06. The standard InChI is InChI=1S/C20H20N2O3S2/c1-2-14-12-15-17(26-14)21-20(27-16-9-11-25-19(16)24)22(18(15)23)10-8-13-6-4-3-5-7-13/h3-7,12,16H,2,8-11H2,1H3/t16-/m1/s1. The van der Waals surface area contributed by atoms with Crippen molar-refractivity contribution in [1.29, 1.82) is 0 Å². The van der Waals surface area contributed by atoms with Crippen LogP contribution in [0.5, 0.6) is 0 Å². The van der Waals surface area contributed by atoms with Gasteiger partial charge < -0.3 is 4.74 Å². The number of ether oxygens (including phenoxy) is 1. The van der Waals surface area contributed by atoms with Gasteiger partial charge in [-0.15, -0.1) is 11.3 Å². The van der Waals surface area contributed by atoms with E-state index in [9.17, 15) is 9.59 Å². The minimum absolute atomic E-state index is 0.0271. The van der Waals surface area contributed by atoms with Crippen molar-refractivity contribution in [3.63, 3.8) is 0 Å². The van der Waals surface area contributed by atoms with Crippen molar-refractivity contribution in [2.45, 2.75) is 43.1 Å². The maximum absolute atomic E-state index is 13.2. The van der Waals surface area contributed by atoms with Crippen LogP contribution in [0.4, 0.5) is 0 Å². The Morgan fingerprint density at radius 1 is 1.30 bits per heavy atom. The molecule has 0 unspecified atom stereocenters. The van der Waals surface area contributed by atoms with Gasteiger partial charge in [-0.1, -0.05) is 49.0 Å². The quantitative estimate of drug-likeness (QED) is 0.467. The summed E-state index contributed by atoms with van der Waals surface area (Å²) < 4.78 is 6.79. The molecule has 0 bridgehead atoms.